The number of carbonyl (C=O) groups is 4. The second-order valence-electron chi connectivity index (χ2n) is 5.60. The number of aliphatic hydroxyl groups excluding tert-OH is 2. The number of hydrogen-bond donors (Lipinski definition) is 6. The Morgan fingerprint density at radius 3 is 1.62 bits per heavy atom. The van der Waals surface area contributed by atoms with Crippen LogP contribution in [0.4, 0.5) is 0 Å². The number of amides is 4. The molecule has 0 aliphatic carbocycles. The molecule has 0 heterocycles. The van der Waals surface area contributed by atoms with Crippen molar-refractivity contribution in [3.63, 3.8) is 0 Å². The summed E-state index contributed by atoms with van der Waals surface area (Å²) in [6.45, 7) is 4.33. The topological polar surface area (TPSA) is 157 Å². The molecular formula is C16H30N4O6. The third kappa shape index (κ3) is 11.4. The fourth-order valence-corrected chi connectivity index (χ4v) is 1.85. The van der Waals surface area contributed by atoms with Crippen molar-refractivity contribution in [1.29, 1.82) is 0 Å². The maximum absolute atomic E-state index is 11.7. The molecular weight excluding hydrogens is 344 g/mol. The van der Waals surface area contributed by atoms with E-state index in [9.17, 15) is 29.4 Å². The van der Waals surface area contributed by atoms with Crippen LogP contribution >= 0.6 is 0 Å². The fourth-order valence-electron chi connectivity index (χ4n) is 1.85. The molecule has 0 aromatic carbocycles. The molecule has 10 nitrogen and oxygen atoms in total. The van der Waals surface area contributed by atoms with E-state index in [1.54, 1.807) is 13.8 Å². The molecule has 0 aromatic heterocycles. The Balaban J connectivity index is 3.90. The smallest absolute Gasteiger partial charge is 0.251 e. The molecule has 26 heavy (non-hydrogen) atoms. The molecule has 2 atom stereocenters. The highest BCUT2D eigenvalue weighted by molar-refractivity contribution is 5.81. The van der Waals surface area contributed by atoms with Gasteiger partial charge in [0.05, 0.1) is 6.10 Å². The maximum atomic E-state index is 11.7. The van der Waals surface area contributed by atoms with Crippen molar-refractivity contribution in [2.75, 3.05) is 26.2 Å². The molecule has 4 amide bonds. The van der Waals surface area contributed by atoms with Crippen molar-refractivity contribution < 1.29 is 29.4 Å². The minimum absolute atomic E-state index is 0.0697. The molecule has 6 N–H and O–H groups in total. The monoisotopic (exact) mass is 374 g/mol. The summed E-state index contributed by atoms with van der Waals surface area (Å²) < 4.78 is 0. The SMILES string of the molecule is CCC(=O)NCCNC(=O)CCC(O)C(O)C(=O)NCCNC(=O)CC. The average molecular weight is 374 g/mol. The van der Waals surface area contributed by atoms with Crippen molar-refractivity contribution in [3.05, 3.63) is 0 Å². The van der Waals surface area contributed by atoms with E-state index in [0.717, 1.165) is 0 Å². The van der Waals surface area contributed by atoms with E-state index < -0.39 is 18.1 Å². The minimum atomic E-state index is -1.66. The molecule has 0 aliphatic heterocycles. The van der Waals surface area contributed by atoms with Crippen LogP contribution in [0, 0.1) is 0 Å². The largest absolute Gasteiger partial charge is 0.390 e. The van der Waals surface area contributed by atoms with Gasteiger partial charge in [0.25, 0.3) is 5.91 Å². The van der Waals surface area contributed by atoms with Gasteiger partial charge in [-0.05, 0) is 6.42 Å². The molecule has 2 unspecified atom stereocenters. The zero-order valence-electron chi connectivity index (χ0n) is 15.3. The quantitative estimate of drug-likeness (QED) is 0.200. The summed E-state index contributed by atoms with van der Waals surface area (Å²) in [7, 11) is 0. The van der Waals surface area contributed by atoms with Gasteiger partial charge in [-0.15, -0.1) is 0 Å². The van der Waals surface area contributed by atoms with Crippen LogP contribution in [0.5, 0.6) is 0 Å². The van der Waals surface area contributed by atoms with E-state index in [1.807, 2.05) is 0 Å². The second-order valence-corrected chi connectivity index (χ2v) is 5.60. The number of carbonyl (C=O) groups excluding carboxylic acids is 4. The van der Waals surface area contributed by atoms with Crippen molar-refractivity contribution >= 4 is 23.6 Å². The van der Waals surface area contributed by atoms with Gasteiger partial charge >= 0.3 is 0 Å². The van der Waals surface area contributed by atoms with Crippen LogP contribution in [0.15, 0.2) is 0 Å². The van der Waals surface area contributed by atoms with Crippen LogP contribution < -0.4 is 21.3 Å². The lowest BCUT2D eigenvalue weighted by molar-refractivity contribution is -0.136. The first-order valence-corrected chi connectivity index (χ1v) is 8.75. The van der Waals surface area contributed by atoms with Gasteiger partial charge in [0.1, 0.15) is 0 Å². The van der Waals surface area contributed by atoms with E-state index in [2.05, 4.69) is 21.3 Å². The maximum Gasteiger partial charge on any atom is 0.251 e. The van der Waals surface area contributed by atoms with Crippen LogP contribution in [0.1, 0.15) is 39.5 Å². The molecule has 0 aromatic rings. The van der Waals surface area contributed by atoms with Crippen LogP contribution in [0.2, 0.25) is 0 Å². The lowest BCUT2D eigenvalue weighted by Crippen LogP contribution is -2.45. The third-order valence-corrected chi connectivity index (χ3v) is 3.46. The lowest BCUT2D eigenvalue weighted by Gasteiger charge is -2.17. The lowest BCUT2D eigenvalue weighted by atomic mass is 10.1. The van der Waals surface area contributed by atoms with Gasteiger partial charge in [0, 0.05) is 45.4 Å². The van der Waals surface area contributed by atoms with Gasteiger partial charge in [0.15, 0.2) is 6.10 Å². The van der Waals surface area contributed by atoms with Gasteiger partial charge in [-0.2, -0.15) is 0 Å². The summed E-state index contributed by atoms with van der Waals surface area (Å²) in [6, 6.07) is 0. The molecule has 0 rings (SSSR count). The molecule has 150 valence electrons. The number of nitrogens with one attached hydrogen (secondary N) is 4. The third-order valence-electron chi connectivity index (χ3n) is 3.46. The standard InChI is InChI=1S/C16H30N4O6/c1-3-12(22)17-7-8-19-14(24)6-5-11(21)15(25)16(26)20-10-9-18-13(23)4-2/h11,15,21,25H,3-10H2,1-2H3,(H,17,22)(H,18,23)(H,19,24)(H,20,26). The van der Waals surface area contributed by atoms with E-state index in [1.165, 1.54) is 0 Å². The van der Waals surface area contributed by atoms with Crippen molar-refractivity contribution in [2.24, 2.45) is 0 Å². The summed E-state index contributed by atoms with van der Waals surface area (Å²) in [6.07, 6.45) is -2.50. The van der Waals surface area contributed by atoms with Crippen molar-refractivity contribution in [3.8, 4) is 0 Å². The first-order chi connectivity index (χ1) is 12.3. The Morgan fingerprint density at radius 2 is 1.15 bits per heavy atom. The summed E-state index contributed by atoms with van der Waals surface area (Å²) in [5, 5.41) is 29.6. The normalized spacial score (nSPS) is 12.6. The number of rotatable bonds is 13. The highest BCUT2D eigenvalue weighted by Gasteiger charge is 2.24. The van der Waals surface area contributed by atoms with Gasteiger partial charge in [-0.3, -0.25) is 19.2 Å². The highest BCUT2D eigenvalue weighted by Crippen LogP contribution is 2.03. The fraction of sp³-hybridized carbons (Fsp3) is 0.750. The number of aliphatic hydroxyl groups is 2. The van der Waals surface area contributed by atoms with Gasteiger partial charge in [0.2, 0.25) is 17.7 Å². The Kier molecular flexibility index (Phi) is 12.8. The molecule has 0 aliphatic rings. The highest BCUT2D eigenvalue weighted by atomic mass is 16.3. The van der Waals surface area contributed by atoms with E-state index in [-0.39, 0.29) is 50.2 Å². The van der Waals surface area contributed by atoms with Crippen LogP contribution in [-0.4, -0.2) is 72.2 Å². The molecule has 0 saturated heterocycles. The van der Waals surface area contributed by atoms with Crippen LogP contribution in [0.3, 0.4) is 0 Å². The minimum Gasteiger partial charge on any atom is -0.390 e. The van der Waals surface area contributed by atoms with Gasteiger partial charge in [-0.1, -0.05) is 13.8 Å². The van der Waals surface area contributed by atoms with Gasteiger partial charge < -0.3 is 31.5 Å². The molecule has 0 bridgehead atoms. The van der Waals surface area contributed by atoms with Crippen molar-refractivity contribution in [1.82, 2.24) is 21.3 Å². The Hall–Kier alpha value is -2.20. The summed E-state index contributed by atoms with van der Waals surface area (Å²) >= 11 is 0. The Bertz CT molecular complexity index is 472. The van der Waals surface area contributed by atoms with Crippen LogP contribution in [0.25, 0.3) is 0 Å². The first kappa shape index (κ1) is 23.8. The molecule has 0 spiro atoms. The second kappa shape index (κ2) is 14.0. The molecule has 0 saturated carbocycles. The Morgan fingerprint density at radius 1 is 0.731 bits per heavy atom. The van der Waals surface area contributed by atoms with E-state index >= 15 is 0 Å². The molecule has 0 fully saturated rings. The predicted octanol–water partition coefficient (Wildman–Crippen LogP) is -2.23. The Labute approximate surface area is 153 Å². The zero-order chi connectivity index (χ0) is 19.9. The van der Waals surface area contributed by atoms with E-state index in [4.69, 9.17) is 0 Å². The van der Waals surface area contributed by atoms with Gasteiger partial charge in [-0.25, -0.2) is 0 Å². The zero-order valence-corrected chi connectivity index (χ0v) is 15.3. The molecule has 10 heteroatoms. The number of hydrogen-bond acceptors (Lipinski definition) is 6. The van der Waals surface area contributed by atoms with Crippen molar-refractivity contribution in [2.45, 2.75) is 51.7 Å². The average Bonchev–Trinajstić information content (AvgIpc) is 2.65. The van der Waals surface area contributed by atoms with Crippen LogP contribution in [-0.2, 0) is 19.2 Å². The summed E-state index contributed by atoms with van der Waals surface area (Å²) in [5.74, 6) is -1.39. The summed E-state index contributed by atoms with van der Waals surface area (Å²) in [5.41, 5.74) is 0. The predicted molar refractivity (Wildman–Crippen MR) is 93.9 cm³/mol. The van der Waals surface area contributed by atoms with E-state index in [0.29, 0.717) is 19.4 Å². The first-order valence-electron chi connectivity index (χ1n) is 8.75. The summed E-state index contributed by atoms with van der Waals surface area (Å²) in [4.78, 5) is 45.3. The molecule has 0 radical (unpaired) electrons.